The summed E-state index contributed by atoms with van der Waals surface area (Å²) in [6, 6.07) is 7.11. The summed E-state index contributed by atoms with van der Waals surface area (Å²) in [7, 11) is 0. The highest BCUT2D eigenvalue weighted by Crippen LogP contribution is 2.46. The van der Waals surface area contributed by atoms with Gasteiger partial charge in [0.05, 0.1) is 5.41 Å². The Labute approximate surface area is 136 Å². The van der Waals surface area contributed by atoms with Crippen molar-refractivity contribution in [2.75, 3.05) is 26.2 Å². The van der Waals surface area contributed by atoms with Crippen molar-refractivity contribution in [2.45, 2.75) is 37.1 Å². The summed E-state index contributed by atoms with van der Waals surface area (Å²) < 4.78 is 13.6. The molecule has 23 heavy (non-hydrogen) atoms. The summed E-state index contributed by atoms with van der Waals surface area (Å²) >= 11 is 0. The second-order valence-electron chi connectivity index (χ2n) is 7.06. The van der Waals surface area contributed by atoms with Crippen molar-refractivity contribution in [3.05, 3.63) is 47.8 Å². The maximum Gasteiger partial charge on any atom is 0.233 e. The van der Waals surface area contributed by atoms with E-state index in [1.807, 2.05) is 11.0 Å². The van der Waals surface area contributed by atoms with Crippen molar-refractivity contribution in [1.82, 2.24) is 9.80 Å². The third kappa shape index (κ3) is 2.49. The lowest BCUT2D eigenvalue weighted by Crippen LogP contribution is -2.51. The minimum absolute atomic E-state index is 0.212. The Kier molecular flexibility index (Phi) is 3.72. The predicted octanol–water partition coefficient (Wildman–Crippen LogP) is 2.72. The predicted molar refractivity (Wildman–Crippen MR) is 87.6 cm³/mol. The number of hydrogen-bond donors (Lipinski definition) is 0. The molecule has 0 bridgehead atoms. The third-order valence-corrected chi connectivity index (χ3v) is 5.81. The Morgan fingerprint density at radius 2 is 2.00 bits per heavy atom. The van der Waals surface area contributed by atoms with Crippen molar-refractivity contribution in [3.63, 3.8) is 0 Å². The van der Waals surface area contributed by atoms with Crippen LogP contribution in [0.1, 0.15) is 31.2 Å². The maximum atomic E-state index is 13.6. The van der Waals surface area contributed by atoms with Gasteiger partial charge in [0.2, 0.25) is 5.91 Å². The molecule has 3 nitrogen and oxygen atoms in total. The summed E-state index contributed by atoms with van der Waals surface area (Å²) in [6.45, 7) is 3.65. The fourth-order valence-corrected chi connectivity index (χ4v) is 4.26. The summed E-state index contributed by atoms with van der Waals surface area (Å²) in [5.41, 5.74) is 0.389. The van der Waals surface area contributed by atoms with Crippen LogP contribution in [0.5, 0.6) is 0 Å². The SMILES string of the molecule is O=C(N1CC[C@@H](N2CC=CC2)C1)C1(c2cccc(F)c2)CCC1. The standard InChI is InChI=1S/C19H23FN2O/c20-16-6-3-5-15(13-16)19(8-4-9-19)18(23)22-12-7-17(14-22)21-10-1-2-11-21/h1-3,5-6,13,17H,4,7-12,14H2/t17-/m1/s1. The normalized spacial score (nSPS) is 26.5. The number of nitrogens with zero attached hydrogens (tertiary/aromatic N) is 2. The molecule has 0 N–H and O–H groups in total. The van der Waals surface area contributed by atoms with Crippen molar-refractivity contribution in [2.24, 2.45) is 0 Å². The molecule has 1 aromatic carbocycles. The molecule has 2 heterocycles. The van der Waals surface area contributed by atoms with E-state index in [2.05, 4.69) is 17.1 Å². The Morgan fingerprint density at radius 3 is 2.65 bits per heavy atom. The van der Waals surface area contributed by atoms with Crippen LogP contribution in [0.2, 0.25) is 0 Å². The molecule has 4 heteroatoms. The van der Waals surface area contributed by atoms with Gasteiger partial charge < -0.3 is 4.90 Å². The van der Waals surface area contributed by atoms with Gasteiger partial charge in [0.1, 0.15) is 5.82 Å². The average molecular weight is 314 g/mol. The molecule has 1 saturated carbocycles. The van der Waals surface area contributed by atoms with Crippen molar-refractivity contribution in [1.29, 1.82) is 0 Å². The largest absolute Gasteiger partial charge is 0.340 e. The van der Waals surface area contributed by atoms with Crippen LogP contribution in [0.4, 0.5) is 4.39 Å². The monoisotopic (exact) mass is 314 g/mol. The molecule has 2 aliphatic heterocycles. The summed E-state index contributed by atoms with van der Waals surface area (Å²) in [4.78, 5) is 17.6. The van der Waals surface area contributed by atoms with Gasteiger partial charge in [0.25, 0.3) is 0 Å². The number of rotatable bonds is 3. The zero-order valence-electron chi connectivity index (χ0n) is 13.4. The van der Waals surface area contributed by atoms with Crippen LogP contribution in [0.25, 0.3) is 0 Å². The topological polar surface area (TPSA) is 23.6 Å². The number of benzene rings is 1. The van der Waals surface area contributed by atoms with E-state index in [1.165, 1.54) is 6.07 Å². The molecule has 0 radical (unpaired) electrons. The number of hydrogen-bond acceptors (Lipinski definition) is 2. The van der Waals surface area contributed by atoms with Gasteiger partial charge >= 0.3 is 0 Å². The molecular formula is C19H23FN2O. The van der Waals surface area contributed by atoms with Crippen LogP contribution >= 0.6 is 0 Å². The average Bonchev–Trinajstić information content (AvgIpc) is 3.17. The van der Waals surface area contributed by atoms with Gasteiger partial charge in [-0.05, 0) is 37.0 Å². The molecule has 1 atom stereocenters. The third-order valence-electron chi connectivity index (χ3n) is 5.81. The Bertz CT molecular complexity index is 630. The second kappa shape index (κ2) is 5.75. The molecule has 1 amide bonds. The van der Waals surface area contributed by atoms with Crippen LogP contribution in [-0.4, -0.2) is 47.9 Å². The quantitative estimate of drug-likeness (QED) is 0.801. The van der Waals surface area contributed by atoms with Gasteiger partial charge in [-0.15, -0.1) is 0 Å². The molecule has 1 aliphatic carbocycles. The second-order valence-corrected chi connectivity index (χ2v) is 7.06. The molecule has 122 valence electrons. The highest BCUT2D eigenvalue weighted by molar-refractivity contribution is 5.89. The lowest BCUT2D eigenvalue weighted by molar-refractivity contribution is -0.140. The minimum atomic E-state index is -0.472. The molecule has 0 spiro atoms. The first-order valence-corrected chi connectivity index (χ1v) is 8.63. The summed E-state index contributed by atoms with van der Waals surface area (Å²) in [6.07, 6.45) is 8.20. The van der Waals surface area contributed by atoms with Gasteiger partial charge in [-0.25, -0.2) is 4.39 Å². The molecule has 4 rings (SSSR count). The van der Waals surface area contributed by atoms with Crippen molar-refractivity contribution < 1.29 is 9.18 Å². The number of likely N-dealkylation sites (tertiary alicyclic amines) is 1. The summed E-state index contributed by atoms with van der Waals surface area (Å²) in [5, 5.41) is 0. The molecule has 3 aliphatic rings. The van der Waals surface area contributed by atoms with E-state index in [9.17, 15) is 9.18 Å². The van der Waals surface area contributed by atoms with Crippen LogP contribution in [0.15, 0.2) is 36.4 Å². The van der Waals surface area contributed by atoms with Crippen LogP contribution in [0, 0.1) is 5.82 Å². The van der Waals surface area contributed by atoms with Crippen LogP contribution < -0.4 is 0 Å². The van der Waals surface area contributed by atoms with Crippen LogP contribution in [-0.2, 0) is 10.2 Å². The Hall–Kier alpha value is -1.68. The van der Waals surface area contributed by atoms with Crippen molar-refractivity contribution in [3.8, 4) is 0 Å². The fraction of sp³-hybridized carbons (Fsp3) is 0.526. The summed E-state index contributed by atoms with van der Waals surface area (Å²) in [5.74, 6) is -0.0342. The highest BCUT2D eigenvalue weighted by Gasteiger charge is 2.49. The number of amides is 1. The van der Waals surface area contributed by atoms with E-state index < -0.39 is 5.41 Å². The van der Waals surface area contributed by atoms with E-state index in [4.69, 9.17) is 0 Å². The van der Waals surface area contributed by atoms with Gasteiger partial charge in [-0.2, -0.15) is 0 Å². The van der Waals surface area contributed by atoms with E-state index in [0.717, 1.165) is 57.4 Å². The van der Waals surface area contributed by atoms with E-state index in [0.29, 0.717) is 6.04 Å². The number of halogens is 1. The molecule has 0 unspecified atom stereocenters. The smallest absolute Gasteiger partial charge is 0.233 e. The van der Waals surface area contributed by atoms with Crippen LogP contribution in [0.3, 0.4) is 0 Å². The lowest BCUT2D eigenvalue weighted by atomic mass is 9.63. The Balaban J connectivity index is 1.51. The van der Waals surface area contributed by atoms with Gasteiger partial charge in [0.15, 0.2) is 0 Å². The first-order chi connectivity index (χ1) is 11.2. The van der Waals surface area contributed by atoms with E-state index >= 15 is 0 Å². The zero-order chi connectivity index (χ0) is 15.9. The van der Waals surface area contributed by atoms with Gasteiger partial charge in [-0.3, -0.25) is 9.69 Å². The molecule has 1 aromatic rings. The maximum absolute atomic E-state index is 13.6. The fourth-order valence-electron chi connectivity index (χ4n) is 4.26. The minimum Gasteiger partial charge on any atom is -0.340 e. The van der Waals surface area contributed by atoms with E-state index in [1.54, 1.807) is 12.1 Å². The number of carbonyl (C=O) groups excluding carboxylic acids is 1. The zero-order valence-corrected chi connectivity index (χ0v) is 13.4. The van der Waals surface area contributed by atoms with Gasteiger partial charge in [0, 0.05) is 32.2 Å². The molecule has 0 aromatic heterocycles. The highest BCUT2D eigenvalue weighted by atomic mass is 19.1. The molecule has 2 fully saturated rings. The van der Waals surface area contributed by atoms with Crippen molar-refractivity contribution >= 4 is 5.91 Å². The van der Waals surface area contributed by atoms with Gasteiger partial charge in [-0.1, -0.05) is 30.7 Å². The first-order valence-electron chi connectivity index (χ1n) is 8.63. The Morgan fingerprint density at radius 1 is 1.22 bits per heavy atom. The van der Waals surface area contributed by atoms with E-state index in [-0.39, 0.29) is 11.7 Å². The molecule has 1 saturated heterocycles. The lowest BCUT2D eigenvalue weighted by Gasteiger charge is -2.43. The molecular weight excluding hydrogens is 291 g/mol. The first kappa shape index (κ1) is 14.9. The number of carbonyl (C=O) groups is 1.